The maximum atomic E-state index is 13.9. The van der Waals surface area contributed by atoms with Crippen LogP contribution in [0.2, 0.25) is 5.02 Å². The maximum absolute atomic E-state index is 13.9. The number of halogens is 4. The summed E-state index contributed by atoms with van der Waals surface area (Å²) in [6, 6.07) is 10.4. The number of methoxy groups -OCH3 is 1. The van der Waals surface area contributed by atoms with Crippen LogP contribution in [-0.2, 0) is 19.1 Å². The predicted octanol–water partition coefficient (Wildman–Crippen LogP) is 4.92. The molecule has 1 aromatic heterocycles. The molecule has 2 N–H and O–H groups in total. The van der Waals surface area contributed by atoms with E-state index in [2.05, 4.69) is 21.7 Å². The second-order valence-electron chi connectivity index (χ2n) is 9.42. The van der Waals surface area contributed by atoms with Gasteiger partial charge in [-0.2, -0.15) is 13.2 Å². The van der Waals surface area contributed by atoms with Crippen molar-refractivity contribution >= 4 is 23.2 Å². The van der Waals surface area contributed by atoms with Crippen LogP contribution >= 0.6 is 11.6 Å². The SMILES string of the molecule is COc1cnc(N)c(C#Cc2cc(C(=O)Cc3ccc(CN4CCN(C)CC4)c(C(F)(F)F)c3)ccc2Cl)c1. The van der Waals surface area contributed by atoms with Crippen molar-refractivity contribution in [2.24, 2.45) is 0 Å². The van der Waals surface area contributed by atoms with Crippen molar-refractivity contribution in [2.45, 2.75) is 19.1 Å². The molecule has 1 aliphatic heterocycles. The van der Waals surface area contributed by atoms with Crippen LogP contribution in [0.4, 0.5) is 19.0 Å². The zero-order valence-corrected chi connectivity index (χ0v) is 22.4. The first-order valence-corrected chi connectivity index (χ1v) is 12.7. The molecule has 6 nitrogen and oxygen atoms in total. The number of nitrogens with two attached hydrogens (primary N) is 1. The minimum absolute atomic E-state index is 0.195. The number of hydrogen-bond donors (Lipinski definition) is 1. The third-order valence-corrected chi connectivity index (χ3v) is 6.91. The number of pyridine rings is 1. The Hall–Kier alpha value is -3.58. The van der Waals surface area contributed by atoms with Crippen LogP contribution < -0.4 is 10.5 Å². The molecule has 0 radical (unpaired) electrons. The lowest BCUT2D eigenvalue weighted by Gasteiger charge is -2.33. The minimum Gasteiger partial charge on any atom is -0.495 e. The van der Waals surface area contributed by atoms with Gasteiger partial charge in [0.1, 0.15) is 11.6 Å². The molecular weight excluding hydrogens is 529 g/mol. The Morgan fingerprint density at radius 1 is 1.08 bits per heavy atom. The number of hydrogen-bond acceptors (Lipinski definition) is 6. The van der Waals surface area contributed by atoms with E-state index in [0.717, 1.165) is 19.2 Å². The molecule has 2 heterocycles. The predicted molar refractivity (Wildman–Crippen MR) is 145 cm³/mol. The third kappa shape index (κ3) is 7.30. The smallest absolute Gasteiger partial charge is 0.416 e. The van der Waals surface area contributed by atoms with Crippen molar-refractivity contribution in [3.8, 4) is 17.6 Å². The third-order valence-electron chi connectivity index (χ3n) is 6.58. The number of carbonyl (C=O) groups excluding carboxylic acids is 1. The average molecular weight is 557 g/mol. The lowest BCUT2D eigenvalue weighted by molar-refractivity contribution is -0.138. The van der Waals surface area contributed by atoms with Gasteiger partial charge in [-0.15, -0.1) is 0 Å². The molecule has 0 spiro atoms. The number of alkyl halides is 3. The van der Waals surface area contributed by atoms with Crippen molar-refractivity contribution in [2.75, 3.05) is 46.1 Å². The van der Waals surface area contributed by atoms with Crippen molar-refractivity contribution < 1.29 is 22.7 Å². The molecule has 39 heavy (non-hydrogen) atoms. The Balaban J connectivity index is 1.54. The summed E-state index contributed by atoms with van der Waals surface area (Å²) in [7, 11) is 3.49. The summed E-state index contributed by atoms with van der Waals surface area (Å²) >= 11 is 6.29. The van der Waals surface area contributed by atoms with Gasteiger partial charge in [0, 0.05) is 56.3 Å². The van der Waals surface area contributed by atoms with E-state index in [4.69, 9.17) is 22.1 Å². The van der Waals surface area contributed by atoms with E-state index in [1.165, 1.54) is 37.6 Å². The number of anilines is 1. The lowest BCUT2D eigenvalue weighted by atomic mass is 9.97. The fourth-order valence-electron chi connectivity index (χ4n) is 4.27. The molecule has 3 aromatic rings. The first-order valence-electron chi connectivity index (χ1n) is 12.3. The number of nitrogens with zero attached hydrogens (tertiary/aromatic N) is 3. The molecule has 0 aliphatic carbocycles. The van der Waals surface area contributed by atoms with E-state index < -0.39 is 11.7 Å². The second kappa shape index (κ2) is 12.1. The van der Waals surface area contributed by atoms with E-state index in [9.17, 15) is 18.0 Å². The number of rotatable bonds is 6. The van der Waals surface area contributed by atoms with E-state index in [0.29, 0.717) is 35.0 Å². The normalized spacial score (nSPS) is 14.5. The van der Waals surface area contributed by atoms with Crippen LogP contribution in [0.1, 0.15) is 38.2 Å². The van der Waals surface area contributed by atoms with Gasteiger partial charge in [-0.05, 0) is 42.4 Å². The second-order valence-corrected chi connectivity index (χ2v) is 9.83. The van der Waals surface area contributed by atoms with Crippen LogP contribution in [0.5, 0.6) is 5.75 Å². The maximum Gasteiger partial charge on any atom is 0.416 e. The molecule has 0 bridgehead atoms. The molecule has 4 rings (SSSR count). The Labute approximate surface area is 230 Å². The van der Waals surface area contributed by atoms with Gasteiger partial charge < -0.3 is 15.4 Å². The number of ketones is 1. The monoisotopic (exact) mass is 556 g/mol. The van der Waals surface area contributed by atoms with Gasteiger partial charge >= 0.3 is 6.18 Å². The summed E-state index contributed by atoms with van der Waals surface area (Å²) in [5.41, 5.74) is 6.76. The number of carbonyl (C=O) groups is 1. The van der Waals surface area contributed by atoms with Crippen LogP contribution in [-0.4, -0.2) is 60.9 Å². The van der Waals surface area contributed by atoms with Crippen LogP contribution in [0, 0.1) is 11.8 Å². The highest BCUT2D eigenvalue weighted by Gasteiger charge is 2.34. The summed E-state index contributed by atoms with van der Waals surface area (Å²) in [6.45, 7) is 3.24. The van der Waals surface area contributed by atoms with Gasteiger partial charge in [0.05, 0.1) is 29.5 Å². The molecule has 1 saturated heterocycles. The molecule has 1 fully saturated rings. The van der Waals surface area contributed by atoms with Gasteiger partial charge in [0.2, 0.25) is 0 Å². The van der Waals surface area contributed by atoms with Gasteiger partial charge in [0.25, 0.3) is 0 Å². The highest BCUT2D eigenvalue weighted by Crippen LogP contribution is 2.34. The van der Waals surface area contributed by atoms with E-state index in [1.54, 1.807) is 12.1 Å². The number of likely N-dealkylation sites (N-methyl/N-ethyl adjacent to an activating group) is 1. The Bertz CT molecular complexity index is 1420. The van der Waals surface area contributed by atoms with Crippen LogP contribution in [0.3, 0.4) is 0 Å². The quantitative estimate of drug-likeness (QED) is 0.343. The van der Waals surface area contributed by atoms with Crippen molar-refractivity contribution in [1.29, 1.82) is 0 Å². The fourth-order valence-corrected chi connectivity index (χ4v) is 4.43. The minimum atomic E-state index is -4.53. The van der Waals surface area contributed by atoms with Crippen molar-refractivity contribution in [3.05, 3.63) is 87.1 Å². The van der Waals surface area contributed by atoms with Gasteiger partial charge in [-0.1, -0.05) is 35.6 Å². The fraction of sp³-hybridized carbons (Fsp3) is 0.310. The van der Waals surface area contributed by atoms with Gasteiger partial charge in [-0.25, -0.2) is 4.98 Å². The zero-order valence-electron chi connectivity index (χ0n) is 21.6. The van der Waals surface area contributed by atoms with E-state index >= 15 is 0 Å². The number of aromatic nitrogens is 1. The highest BCUT2D eigenvalue weighted by molar-refractivity contribution is 6.31. The molecule has 0 unspecified atom stereocenters. The van der Waals surface area contributed by atoms with Crippen molar-refractivity contribution in [1.82, 2.24) is 14.8 Å². The summed E-state index contributed by atoms with van der Waals surface area (Å²) < 4.78 is 47.0. The molecule has 1 aliphatic rings. The molecular formula is C29H28ClF3N4O2. The lowest BCUT2D eigenvalue weighted by Crippen LogP contribution is -2.44. The Kier molecular flexibility index (Phi) is 8.80. The first-order chi connectivity index (χ1) is 18.5. The standard InChI is InChI=1S/C29H28ClF3N4O2/c1-36-9-11-37(12-10-36)18-23-4-3-19(13-25(23)29(31,32)33)14-27(38)21-7-8-26(30)20(15-21)5-6-22-16-24(39-2)17-35-28(22)34/h3-4,7-8,13,15-17H,9-12,14,18H2,1-2H3,(H2,34,35). The zero-order chi connectivity index (χ0) is 28.2. The molecule has 204 valence electrons. The number of Topliss-reactive ketones (excluding diaryl/α,β-unsaturated/α-hetero) is 1. The first kappa shape index (κ1) is 28.4. The van der Waals surface area contributed by atoms with Crippen molar-refractivity contribution in [3.63, 3.8) is 0 Å². The van der Waals surface area contributed by atoms with Gasteiger partial charge in [0.15, 0.2) is 5.78 Å². The molecule has 0 saturated carbocycles. The highest BCUT2D eigenvalue weighted by atomic mass is 35.5. The number of piperazine rings is 1. The van der Waals surface area contributed by atoms with Crippen LogP contribution in [0.25, 0.3) is 0 Å². The molecule has 10 heteroatoms. The molecule has 0 atom stereocenters. The number of nitrogen functional groups attached to an aromatic ring is 1. The van der Waals surface area contributed by atoms with Crippen LogP contribution in [0.15, 0.2) is 48.7 Å². The summed E-state index contributed by atoms with van der Waals surface area (Å²) in [6.07, 6.45) is -3.25. The number of ether oxygens (including phenoxy) is 1. The Morgan fingerprint density at radius 3 is 2.49 bits per heavy atom. The molecule has 0 amide bonds. The van der Waals surface area contributed by atoms with E-state index in [1.807, 2.05) is 11.9 Å². The summed E-state index contributed by atoms with van der Waals surface area (Å²) in [5, 5.41) is 0.320. The van der Waals surface area contributed by atoms with Gasteiger partial charge in [-0.3, -0.25) is 9.69 Å². The molecule has 2 aromatic carbocycles. The average Bonchev–Trinajstić information content (AvgIpc) is 2.90. The summed E-state index contributed by atoms with van der Waals surface area (Å²) in [5.74, 6) is 6.12. The largest absolute Gasteiger partial charge is 0.495 e. The topological polar surface area (TPSA) is 71.7 Å². The summed E-state index contributed by atoms with van der Waals surface area (Å²) in [4.78, 5) is 21.2. The van der Waals surface area contributed by atoms with E-state index in [-0.39, 0.29) is 41.3 Å². The Morgan fingerprint density at radius 2 is 1.79 bits per heavy atom. The number of benzene rings is 2.